The highest BCUT2D eigenvalue weighted by atomic mass is 16.5. The van der Waals surface area contributed by atoms with E-state index in [-0.39, 0.29) is 5.41 Å². The van der Waals surface area contributed by atoms with Crippen LogP contribution in [-0.4, -0.2) is 30.9 Å². The topological polar surface area (TPSA) is 41.5 Å². The minimum absolute atomic E-state index is 0.203. The van der Waals surface area contributed by atoms with Crippen LogP contribution >= 0.6 is 0 Å². The van der Waals surface area contributed by atoms with Gasteiger partial charge in [0.15, 0.2) is 0 Å². The van der Waals surface area contributed by atoms with Crippen LogP contribution in [0.25, 0.3) is 0 Å². The van der Waals surface area contributed by atoms with Gasteiger partial charge in [0, 0.05) is 24.6 Å². The second-order valence-electron chi connectivity index (χ2n) is 6.16. The van der Waals surface area contributed by atoms with E-state index in [1.807, 2.05) is 12.1 Å². The highest BCUT2D eigenvalue weighted by Crippen LogP contribution is 2.34. The molecule has 0 spiro atoms. The summed E-state index contributed by atoms with van der Waals surface area (Å²) in [5.41, 5.74) is 1.41. The van der Waals surface area contributed by atoms with Gasteiger partial charge in [0.05, 0.1) is 6.61 Å². The summed E-state index contributed by atoms with van der Waals surface area (Å²) in [6.45, 7) is 2.76. The smallest absolute Gasteiger partial charge is 0.115 e. The molecule has 1 aromatic rings. The fourth-order valence-corrected chi connectivity index (χ4v) is 3.00. The molecule has 1 aliphatic heterocycles. The molecule has 0 radical (unpaired) electrons. The molecule has 1 unspecified atom stereocenters. The van der Waals surface area contributed by atoms with Gasteiger partial charge in [-0.1, -0.05) is 12.1 Å². The normalized spacial score (nSPS) is 27.4. The third kappa shape index (κ3) is 3.48. The summed E-state index contributed by atoms with van der Waals surface area (Å²) in [6, 6.07) is 8.38. The van der Waals surface area contributed by atoms with E-state index in [4.69, 9.17) is 4.74 Å². The lowest BCUT2D eigenvalue weighted by Gasteiger charge is -2.37. The summed E-state index contributed by atoms with van der Waals surface area (Å²) in [7, 11) is 0. The van der Waals surface area contributed by atoms with Crippen LogP contribution in [0.5, 0.6) is 5.75 Å². The van der Waals surface area contributed by atoms with Crippen molar-refractivity contribution in [2.24, 2.45) is 5.41 Å². The van der Waals surface area contributed by atoms with E-state index < -0.39 is 0 Å². The zero-order chi connectivity index (χ0) is 13.1. The third-order valence-corrected chi connectivity index (χ3v) is 4.24. The largest absolute Gasteiger partial charge is 0.508 e. The van der Waals surface area contributed by atoms with Gasteiger partial charge in [0.1, 0.15) is 5.75 Å². The number of nitrogens with one attached hydrogen (secondary N) is 1. The summed E-state index contributed by atoms with van der Waals surface area (Å²) in [5.74, 6) is 0.361. The summed E-state index contributed by atoms with van der Waals surface area (Å²) in [6.07, 6.45) is 5.99. The van der Waals surface area contributed by atoms with Gasteiger partial charge in [0.25, 0.3) is 0 Å². The number of rotatable bonds is 5. The summed E-state index contributed by atoms with van der Waals surface area (Å²) < 4.78 is 5.74. The van der Waals surface area contributed by atoms with Crippen LogP contribution in [0.1, 0.15) is 31.2 Å². The third-order valence-electron chi connectivity index (χ3n) is 4.24. The zero-order valence-corrected chi connectivity index (χ0v) is 11.4. The molecule has 0 bridgehead atoms. The molecule has 3 rings (SSSR count). The van der Waals surface area contributed by atoms with Crippen LogP contribution < -0.4 is 5.32 Å². The lowest BCUT2D eigenvalue weighted by atomic mass is 9.77. The maximum atomic E-state index is 9.61. The Morgan fingerprint density at radius 2 is 2.26 bits per heavy atom. The van der Waals surface area contributed by atoms with Crippen molar-refractivity contribution in [3.05, 3.63) is 29.8 Å². The van der Waals surface area contributed by atoms with Crippen LogP contribution in [0.15, 0.2) is 24.3 Å². The van der Waals surface area contributed by atoms with E-state index in [1.165, 1.54) is 24.8 Å². The van der Waals surface area contributed by atoms with Crippen molar-refractivity contribution >= 4 is 0 Å². The van der Waals surface area contributed by atoms with Gasteiger partial charge < -0.3 is 15.2 Å². The van der Waals surface area contributed by atoms with Crippen molar-refractivity contribution in [1.82, 2.24) is 5.32 Å². The molecule has 1 aromatic carbocycles. The molecule has 1 saturated carbocycles. The zero-order valence-electron chi connectivity index (χ0n) is 11.4. The maximum absolute atomic E-state index is 9.61. The Hall–Kier alpha value is -1.06. The number of aromatic hydroxyl groups is 1. The first-order valence-corrected chi connectivity index (χ1v) is 7.35. The first kappa shape index (κ1) is 12.9. The maximum Gasteiger partial charge on any atom is 0.115 e. The van der Waals surface area contributed by atoms with Crippen LogP contribution in [-0.2, 0) is 11.2 Å². The first-order valence-electron chi connectivity index (χ1n) is 7.35. The molecule has 1 aliphatic carbocycles. The quantitative estimate of drug-likeness (QED) is 0.855. The predicted molar refractivity (Wildman–Crippen MR) is 75.3 cm³/mol. The van der Waals surface area contributed by atoms with Gasteiger partial charge in [-0.05, 0) is 49.8 Å². The van der Waals surface area contributed by atoms with Crippen LogP contribution in [0, 0.1) is 5.41 Å². The number of hydrogen-bond acceptors (Lipinski definition) is 3. The number of hydrogen-bond donors (Lipinski definition) is 2. The molecular formula is C16H23NO2. The van der Waals surface area contributed by atoms with E-state index in [2.05, 4.69) is 11.4 Å². The highest BCUT2D eigenvalue weighted by Gasteiger charge is 2.35. The van der Waals surface area contributed by atoms with Crippen molar-refractivity contribution in [2.75, 3.05) is 19.8 Å². The molecule has 3 heteroatoms. The Morgan fingerprint density at radius 3 is 2.95 bits per heavy atom. The van der Waals surface area contributed by atoms with Gasteiger partial charge >= 0.3 is 0 Å². The minimum Gasteiger partial charge on any atom is -0.508 e. The van der Waals surface area contributed by atoms with Gasteiger partial charge in [-0.25, -0.2) is 0 Å². The number of benzene rings is 1. The molecule has 104 valence electrons. The molecule has 0 aromatic heterocycles. The van der Waals surface area contributed by atoms with Gasteiger partial charge in [-0.15, -0.1) is 0 Å². The molecule has 0 amide bonds. The lowest BCUT2D eigenvalue weighted by Crippen LogP contribution is -2.43. The van der Waals surface area contributed by atoms with Crippen molar-refractivity contribution < 1.29 is 9.84 Å². The monoisotopic (exact) mass is 261 g/mol. The van der Waals surface area contributed by atoms with E-state index in [0.717, 1.165) is 38.6 Å². The van der Waals surface area contributed by atoms with Crippen LogP contribution in [0.2, 0.25) is 0 Å². The second-order valence-corrected chi connectivity index (χ2v) is 6.16. The highest BCUT2D eigenvalue weighted by molar-refractivity contribution is 5.28. The van der Waals surface area contributed by atoms with E-state index in [9.17, 15) is 5.11 Å². The molecular weight excluding hydrogens is 238 g/mol. The Labute approximate surface area is 115 Å². The number of ether oxygens (including phenoxy) is 1. The van der Waals surface area contributed by atoms with Crippen molar-refractivity contribution in [3.8, 4) is 5.75 Å². The first-order chi connectivity index (χ1) is 9.26. The molecule has 1 heterocycles. The molecule has 1 saturated heterocycles. The lowest BCUT2D eigenvalue weighted by molar-refractivity contribution is -0.00736. The van der Waals surface area contributed by atoms with Gasteiger partial charge in [-0.3, -0.25) is 0 Å². The summed E-state index contributed by atoms with van der Waals surface area (Å²) in [4.78, 5) is 0. The van der Waals surface area contributed by atoms with Crippen LogP contribution in [0.3, 0.4) is 0 Å². The molecule has 2 aliphatic rings. The number of phenolic OH excluding ortho intramolecular Hbond substituents is 1. The molecule has 2 N–H and O–H groups in total. The average molecular weight is 261 g/mol. The SMILES string of the molecule is Oc1cccc(CC2(CNC3CC3)CCCOC2)c1. The summed E-state index contributed by atoms with van der Waals surface area (Å²) >= 11 is 0. The molecule has 19 heavy (non-hydrogen) atoms. The standard InChI is InChI=1S/C16H23NO2/c18-15-4-1-3-13(9-15)10-16(7-2-8-19-12-16)11-17-14-5-6-14/h1,3-4,9,14,17-18H,2,5-8,10-12H2. The Morgan fingerprint density at radius 1 is 1.37 bits per heavy atom. The van der Waals surface area contributed by atoms with Crippen molar-refractivity contribution in [1.29, 1.82) is 0 Å². The molecule has 1 atom stereocenters. The van der Waals surface area contributed by atoms with E-state index in [0.29, 0.717) is 5.75 Å². The predicted octanol–water partition coefficient (Wildman–Crippen LogP) is 2.48. The minimum atomic E-state index is 0.203. The fourth-order valence-electron chi connectivity index (χ4n) is 3.00. The Bertz CT molecular complexity index is 423. The van der Waals surface area contributed by atoms with Crippen LogP contribution in [0.4, 0.5) is 0 Å². The van der Waals surface area contributed by atoms with Crippen molar-refractivity contribution in [2.45, 2.75) is 38.1 Å². The summed E-state index contributed by atoms with van der Waals surface area (Å²) in [5, 5.41) is 13.3. The molecule has 2 fully saturated rings. The average Bonchev–Trinajstić information content (AvgIpc) is 3.22. The van der Waals surface area contributed by atoms with Crippen molar-refractivity contribution in [3.63, 3.8) is 0 Å². The number of phenols is 1. The Balaban J connectivity index is 1.69. The van der Waals surface area contributed by atoms with Gasteiger partial charge in [-0.2, -0.15) is 0 Å². The van der Waals surface area contributed by atoms with E-state index >= 15 is 0 Å². The van der Waals surface area contributed by atoms with Gasteiger partial charge in [0.2, 0.25) is 0 Å². The Kier molecular flexibility index (Phi) is 3.76. The van der Waals surface area contributed by atoms with E-state index in [1.54, 1.807) is 6.07 Å². The fraction of sp³-hybridized carbons (Fsp3) is 0.625. The molecule has 3 nitrogen and oxygen atoms in total. The second kappa shape index (κ2) is 5.51.